The highest BCUT2D eigenvalue weighted by Crippen LogP contribution is 2.32. The van der Waals surface area contributed by atoms with Gasteiger partial charge in [0, 0.05) is 24.6 Å². The zero-order valence-electron chi connectivity index (χ0n) is 21.6. The molecular weight excluding hydrogens is 494 g/mol. The van der Waals surface area contributed by atoms with Gasteiger partial charge in [0.1, 0.15) is 11.9 Å². The summed E-state index contributed by atoms with van der Waals surface area (Å²) >= 11 is 0. The molecule has 3 aromatic rings. The number of carbonyl (C=O) groups is 3. The predicted octanol–water partition coefficient (Wildman–Crippen LogP) is 3.03. The van der Waals surface area contributed by atoms with Gasteiger partial charge in [-0.25, -0.2) is 4.79 Å². The summed E-state index contributed by atoms with van der Waals surface area (Å²) in [6.07, 6.45) is 0.310. The van der Waals surface area contributed by atoms with Gasteiger partial charge in [-0.05, 0) is 36.0 Å². The Kier molecular flexibility index (Phi) is 9.06. The minimum atomic E-state index is -1.37. The molecule has 0 spiro atoms. The van der Waals surface area contributed by atoms with Crippen LogP contribution in [0.1, 0.15) is 41.0 Å². The van der Waals surface area contributed by atoms with Gasteiger partial charge in [0.15, 0.2) is 0 Å². The van der Waals surface area contributed by atoms with Crippen molar-refractivity contribution in [2.45, 2.75) is 43.8 Å². The van der Waals surface area contributed by atoms with E-state index in [2.05, 4.69) is 10.3 Å². The van der Waals surface area contributed by atoms with E-state index in [1.54, 1.807) is 29.2 Å². The first-order chi connectivity index (χ1) is 18.8. The summed E-state index contributed by atoms with van der Waals surface area (Å²) in [7, 11) is 0. The largest absolute Gasteiger partial charge is 0.463 e. The van der Waals surface area contributed by atoms with E-state index < -0.39 is 18.2 Å². The molecule has 202 valence electrons. The molecule has 3 atom stereocenters. The molecule has 1 fully saturated rings. The molecule has 3 amide bonds. The number of amidine groups is 1. The molecule has 1 saturated heterocycles. The van der Waals surface area contributed by atoms with E-state index in [1.807, 2.05) is 60.7 Å². The molecule has 1 aliphatic heterocycles. The highest BCUT2D eigenvalue weighted by Gasteiger charge is 2.41. The Hall–Kier alpha value is -4.50. The summed E-state index contributed by atoms with van der Waals surface area (Å²) in [5.41, 5.74) is 15.5. The van der Waals surface area contributed by atoms with Gasteiger partial charge in [0.25, 0.3) is 0 Å². The monoisotopic (exact) mass is 527 g/mol. The first kappa shape index (κ1) is 27.5. The Labute approximate surface area is 227 Å². The van der Waals surface area contributed by atoms with Crippen molar-refractivity contribution >= 4 is 23.7 Å². The lowest BCUT2D eigenvalue weighted by Gasteiger charge is -2.27. The van der Waals surface area contributed by atoms with Crippen molar-refractivity contribution < 1.29 is 19.5 Å². The number of rotatable bonds is 9. The fraction of sp³-hybridized carbons (Fsp3) is 0.267. The molecule has 9 nitrogen and oxygen atoms in total. The van der Waals surface area contributed by atoms with Gasteiger partial charge < -0.3 is 26.8 Å². The SMILES string of the molecule is NC(=NC(=O)O)c1ccc(CNC(=O)[C@@H]2C[C@H](c3ccccc3)CN2C(=O)[C@H](N)CCc2ccccc2)cc1. The van der Waals surface area contributed by atoms with Gasteiger partial charge in [0.2, 0.25) is 11.8 Å². The molecular formula is C30H33N5O4. The Morgan fingerprint density at radius 2 is 1.59 bits per heavy atom. The second kappa shape index (κ2) is 12.8. The summed E-state index contributed by atoms with van der Waals surface area (Å²) in [5, 5.41) is 11.7. The molecule has 0 unspecified atom stereocenters. The van der Waals surface area contributed by atoms with Crippen LogP contribution in [0.5, 0.6) is 0 Å². The number of likely N-dealkylation sites (tertiary alicyclic amines) is 1. The Balaban J connectivity index is 1.43. The first-order valence-electron chi connectivity index (χ1n) is 12.9. The number of nitrogens with zero attached hydrogens (tertiary/aromatic N) is 2. The van der Waals surface area contributed by atoms with E-state index in [9.17, 15) is 14.4 Å². The lowest BCUT2D eigenvalue weighted by molar-refractivity contribution is -0.139. The van der Waals surface area contributed by atoms with Gasteiger partial charge in [0.05, 0.1) is 6.04 Å². The van der Waals surface area contributed by atoms with Crippen molar-refractivity contribution in [3.63, 3.8) is 0 Å². The number of hydrogen-bond donors (Lipinski definition) is 4. The number of carboxylic acid groups (broad SMARTS) is 1. The van der Waals surface area contributed by atoms with Crippen LogP contribution in [-0.2, 0) is 22.6 Å². The first-order valence-corrected chi connectivity index (χ1v) is 12.9. The summed E-state index contributed by atoms with van der Waals surface area (Å²) in [4.78, 5) is 42.5. The van der Waals surface area contributed by atoms with Gasteiger partial charge in [-0.3, -0.25) is 9.59 Å². The van der Waals surface area contributed by atoms with Gasteiger partial charge in [-0.1, -0.05) is 84.9 Å². The molecule has 0 bridgehead atoms. The summed E-state index contributed by atoms with van der Waals surface area (Å²) < 4.78 is 0. The van der Waals surface area contributed by atoms with Gasteiger partial charge in [-0.15, -0.1) is 0 Å². The Morgan fingerprint density at radius 3 is 2.23 bits per heavy atom. The van der Waals surface area contributed by atoms with Crippen LogP contribution in [0.4, 0.5) is 4.79 Å². The molecule has 0 radical (unpaired) electrons. The molecule has 0 saturated carbocycles. The highest BCUT2D eigenvalue weighted by molar-refractivity contribution is 6.02. The third-order valence-electron chi connectivity index (χ3n) is 6.99. The van der Waals surface area contributed by atoms with Crippen molar-refractivity contribution in [2.75, 3.05) is 6.54 Å². The molecule has 3 aromatic carbocycles. The number of nitrogens with two attached hydrogens (primary N) is 2. The molecule has 1 aliphatic rings. The quantitative estimate of drug-likeness (QED) is 0.248. The number of benzene rings is 3. The Bertz CT molecular complexity index is 1310. The van der Waals surface area contributed by atoms with E-state index in [1.165, 1.54) is 0 Å². The zero-order chi connectivity index (χ0) is 27.8. The van der Waals surface area contributed by atoms with Gasteiger partial charge in [-0.2, -0.15) is 4.99 Å². The maximum atomic E-state index is 13.5. The fourth-order valence-corrected chi connectivity index (χ4v) is 4.87. The minimum Gasteiger partial charge on any atom is -0.463 e. The van der Waals surface area contributed by atoms with Crippen LogP contribution in [-0.4, -0.2) is 52.4 Å². The minimum absolute atomic E-state index is 0.0306. The van der Waals surface area contributed by atoms with E-state index in [0.717, 1.165) is 16.7 Å². The lowest BCUT2D eigenvalue weighted by Crippen LogP contribution is -2.51. The molecule has 9 heteroatoms. The van der Waals surface area contributed by atoms with Crippen LogP contribution >= 0.6 is 0 Å². The molecule has 0 aromatic heterocycles. The lowest BCUT2D eigenvalue weighted by atomic mass is 9.96. The van der Waals surface area contributed by atoms with Crippen molar-refractivity contribution in [1.29, 1.82) is 0 Å². The van der Waals surface area contributed by atoms with E-state index in [-0.39, 0.29) is 30.1 Å². The maximum Gasteiger partial charge on any atom is 0.433 e. The van der Waals surface area contributed by atoms with Crippen LogP contribution < -0.4 is 16.8 Å². The third-order valence-corrected chi connectivity index (χ3v) is 6.99. The topological polar surface area (TPSA) is 151 Å². The summed E-state index contributed by atoms with van der Waals surface area (Å²) in [6.45, 7) is 0.667. The van der Waals surface area contributed by atoms with E-state index in [0.29, 0.717) is 31.4 Å². The molecule has 4 rings (SSSR count). The maximum absolute atomic E-state index is 13.5. The number of amides is 3. The predicted molar refractivity (Wildman–Crippen MR) is 149 cm³/mol. The van der Waals surface area contributed by atoms with Crippen molar-refractivity contribution in [1.82, 2.24) is 10.2 Å². The van der Waals surface area contributed by atoms with E-state index >= 15 is 0 Å². The fourth-order valence-electron chi connectivity index (χ4n) is 4.87. The average molecular weight is 528 g/mol. The smallest absolute Gasteiger partial charge is 0.433 e. The number of aliphatic imine (C=N–C) groups is 1. The van der Waals surface area contributed by atoms with Crippen LogP contribution in [0, 0.1) is 0 Å². The van der Waals surface area contributed by atoms with E-state index in [4.69, 9.17) is 16.6 Å². The Morgan fingerprint density at radius 1 is 0.949 bits per heavy atom. The molecule has 39 heavy (non-hydrogen) atoms. The number of carbonyl (C=O) groups excluding carboxylic acids is 2. The number of hydrogen-bond acceptors (Lipinski definition) is 4. The van der Waals surface area contributed by atoms with Crippen molar-refractivity contribution in [3.05, 3.63) is 107 Å². The average Bonchev–Trinajstić information content (AvgIpc) is 3.41. The second-order valence-electron chi connectivity index (χ2n) is 9.67. The zero-order valence-corrected chi connectivity index (χ0v) is 21.6. The third kappa shape index (κ3) is 7.30. The molecule has 1 heterocycles. The second-order valence-corrected chi connectivity index (χ2v) is 9.67. The normalized spacial score (nSPS) is 18.0. The van der Waals surface area contributed by atoms with Crippen LogP contribution in [0.15, 0.2) is 89.9 Å². The highest BCUT2D eigenvalue weighted by atomic mass is 16.4. The molecule has 0 aliphatic carbocycles. The standard InChI is InChI=1S/C30H33N5O4/c31-25(16-13-20-7-3-1-4-8-20)29(37)35-19-24(22-9-5-2-6-10-22)17-26(35)28(36)33-18-21-11-14-23(15-12-21)27(32)34-30(38)39/h1-12,14-15,24-26H,13,16-19,31H2,(H2,32,34)(H,33,36)(H,38,39)/t24-,25+,26-/m0/s1. The molecule has 6 N–H and O–H groups in total. The van der Waals surface area contributed by atoms with Crippen LogP contribution in [0.25, 0.3) is 0 Å². The summed E-state index contributed by atoms with van der Waals surface area (Å²) in [6, 6.07) is 25.2. The van der Waals surface area contributed by atoms with Crippen molar-refractivity contribution in [2.24, 2.45) is 16.5 Å². The van der Waals surface area contributed by atoms with Gasteiger partial charge >= 0.3 is 6.09 Å². The summed E-state index contributed by atoms with van der Waals surface area (Å²) in [5.74, 6) is -0.535. The van der Waals surface area contributed by atoms with Crippen molar-refractivity contribution in [3.8, 4) is 0 Å². The number of aryl methyl sites for hydroxylation is 1. The number of nitrogens with one attached hydrogen (secondary N) is 1. The van der Waals surface area contributed by atoms with Crippen LogP contribution in [0.2, 0.25) is 0 Å². The van der Waals surface area contributed by atoms with Crippen LogP contribution in [0.3, 0.4) is 0 Å².